The number of carboxylic acids is 2. The lowest BCUT2D eigenvalue weighted by atomic mass is 9.78. The number of rotatable bonds is 13. The summed E-state index contributed by atoms with van der Waals surface area (Å²) in [6.45, 7) is 2.36. The summed E-state index contributed by atoms with van der Waals surface area (Å²) < 4.78 is 5.68. The third-order valence-electron chi connectivity index (χ3n) is 6.40. The van der Waals surface area contributed by atoms with Crippen molar-refractivity contribution in [2.45, 2.75) is 39.0 Å². The zero-order chi connectivity index (χ0) is 26.0. The minimum Gasteiger partial charge on any atom is -0.492 e. The van der Waals surface area contributed by atoms with Gasteiger partial charge in [-0.2, -0.15) is 0 Å². The molecular weight excluding hydrogens is 458 g/mol. The number of benzene rings is 2. The first kappa shape index (κ1) is 26.7. The van der Waals surface area contributed by atoms with E-state index in [1.165, 1.54) is 6.08 Å². The minimum absolute atomic E-state index is 0.0623. The lowest BCUT2D eigenvalue weighted by Crippen LogP contribution is -2.46. The Morgan fingerprint density at radius 1 is 1.06 bits per heavy atom. The van der Waals surface area contributed by atoms with Crippen LogP contribution < -0.4 is 10.1 Å². The fourth-order valence-electron chi connectivity index (χ4n) is 4.17. The van der Waals surface area contributed by atoms with Crippen LogP contribution in [0.3, 0.4) is 0 Å². The summed E-state index contributed by atoms with van der Waals surface area (Å²) in [4.78, 5) is 36.3. The maximum Gasteiger partial charge on any atom is 0.323 e. The average Bonchev–Trinajstić information content (AvgIpc) is 2.90. The first-order valence-electron chi connectivity index (χ1n) is 12.3. The monoisotopic (exact) mass is 491 g/mol. The van der Waals surface area contributed by atoms with E-state index in [9.17, 15) is 24.6 Å². The van der Waals surface area contributed by atoms with Gasteiger partial charge in [-0.05, 0) is 48.1 Å². The quantitative estimate of drug-likeness (QED) is 0.276. The van der Waals surface area contributed by atoms with E-state index in [0.717, 1.165) is 29.5 Å². The summed E-state index contributed by atoms with van der Waals surface area (Å²) in [6, 6.07) is 16.8. The van der Waals surface area contributed by atoms with Crippen LogP contribution >= 0.6 is 0 Å². The molecular formula is C29H33NO6. The van der Waals surface area contributed by atoms with Crippen LogP contribution in [0.2, 0.25) is 0 Å². The van der Waals surface area contributed by atoms with Crippen LogP contribution in [0.15, 0.2) is 72.8 Å². The van der Waals surface area contributed by atoms with Crippen molar-refractivity contribution in [3.05, 3.63) is 84.0 Å². The van der Waals surface area contributed by atoms with Gasteiger partial charge >= 0.3 is 11.9 Å². The molecule has 36 heavy (non-hydrogen) atoms. The number of ether oxygens (including phenoxy) is 1. The SMILES string of the molecule is CCCCC(Cc1ccc(OCCNC(=O)C2(C(=O)O)C=CC(c3ccccc3)=CC2)cc1)C(=O)O. The van der Waals surface area contributed by atoms with Gasteiger partial charge in [0, 0.05) is 0 Å². The van der Waals surface area contributed by atoms with Crippen molar-refractivity contribution in [2.75, 3.05) is 13.2 Å². The summed E-state index contributed by atoms with van der Waals surface area (Å²) >= 11 is 0. The van der Waals surface area contributed by atoms with Gasteiger partial charge in [-0.1, -0.05) is 80.5 Å². The summed E-state index contributed by atoms with van der Waals surface area (Å²) in [6.07, 6.45) is 7.94. The molecule has 0 saturated carbocycles. The Bertz CT molecular complexity index is 1110. The normalized spacial score (nSPS) is 17.6. The fourth-order valence-corrected chi connectivity index (χ4v) is 4.17. The number of unbranched alkanes of at least 4 members (excludes halogenated alkanes) is 1. The van der Waals surface area contributed by atoms with Crippen molar-refractivity contribution in [2.24, 2.45) is 11.3 Å². The molecule has 2 aromatic carbocycles. The van der Waals surface area contributed by atoms with E-state index >= 15 is 0 Å². The van der Waals surface area contributed by atoms with Crippen LogP contribution in [-0.4, -0.2) is 41.2 Å². The number of carboxylic acid groups (broad SMARTS) is 2. The first-order valence-corrected chi connectivity index (χ1v) is 12.3. The molecule has 0 spiro atoms. The lowest BCUT2D eigenvalue weighted by molar-refractivity contribution is -0.152. The molecule has 0 fully saturated rings. The fraction of sp³-hybridized carbons (Fsp3) is 0.345. The zero-order valence-corrected chi connectivity index (χ0v) is 20.5. The number of carbonyl (C=O) groups is 3. The van der Waals surface area contributed by atoms with Crippen LogP contribution in [0.4, 0.5) is 0 Å². The number of nitrogens with one attached hydrogen (secondary N) is 1. The summed E-state index contributed by atoms with van der Waals surface area (Å²) in [5, 5.41) is 21.9. The zero-order valence-electron chi connectivity index (χ0n) is 20.5. The molecule has 0 saturated heterocycles. The molecule has 2 aromatic rings. The predicted octanol–water partition coefficient (Wildman–Crippen LogP) is 4.73. The van der Waals surface area contributed by atoms with Crippen LogP contribution in [0, 0.1) is 11.3 Å². The first-order chi connectivity index (χ1) is 17.4. The summed E-state index contributed by atoms with van der Waals surface area (Å²) in [5.74, 6) is -2.37. The Morgan fingerprint density at radius 3 is 2.36 bits per heavy atom. The Kier molecular flexibility index (Phi) is 9.45. The molecule has 7 nitrogen and oxygen atoms in total. The molecule has 2 atom stereocenters. The second-order valence-electron chi connectivity index (χ2n) is 8.97. The Labute approximate surface area is 211 Å². The van der Waals surface area contributed by atoms with E-state index in [1.807, 2.05) is 49.4 Å². The smallest absolute Gasteiger partial charge is 0.323 e. The van der Waals surface area contributed by atoms with Crippen molar-refractivity contribution < 1.29 is 29.3 Å². The van der Waals surface area contributed by atoms with Crippen molar-refractivity contribution in [1.82, 2.24) is 5.32 Å². The molecule has 0 aliphatic heterocycles. The van der Waals surface area contributed by atoms with Gasteiger partial charge in [0.25, 0.3) is 0 Å². The van der Waals surface area contributed by atoms with Gasteiger partial charge in [-0.3, -0.25) is 14.4 Å². The van der Waals surface area contributed by atoms with Crippen LogP contribution in [0.5, 0.6) is 5.75 Å². The van der Waals surface area contributed by atoms with E-state index in [0.29, 0.717) is 18.6 Å². The standard InChI is InChI=1S/C29H33NO6/c1-2-3-7-24(26(31)32)20-21-10-12-25(13-11-21)36-19-18-30-27(33)29(28(34)35)16-14-23(15-17-29)22-8-5-4-6-9-22/h4-6,8-16,24H,2-3,7,17-20H2,1H3,(H,30,33)(H,31,32)(H,34,35). The van der Waals surface area contributed by atoms with E-state index in [4.69, 9.17) is 4.74 Å². The van der Waals surface area contributed by atoms with Crippen molar-refractivity contribution >= 4 is 23.4 Å². The maximum absolute atomic E-state index is 12.8. The van der Waals surface area contributed by atoms with Gasteiger partial charge in [-0.15, -0.1) is 0 Å². The third-order valence-corrected chi connectivity index (χ3v) is 6.40. The molecule has 2 unspecified atom stereocenters. The molecule has 1 aliphatic rings. The number of hydrogen-bond donors (Lipinski definition) is 3. The number of allylic oxidation sites excluding steroid dienone is 3. The molecule has 3 rings (SSSR count). The molecule has 0 radical (unpaired) electrons. The molecule has 0 heterocycles. The highest BCUT2D eigenvalue weighted by Crippen LogP contribution is 2.34. The molecule has 7 heteroatoms. The maximum atomic E-state index is 12.8. The van der Waals surface area contributed by atoms with Crippen LogP contribution in [0.25, 0.3) is 5.57 Å². The lowest BCUT2D eigenvalue weighted by Gasteiger charge is -2.27. The van der Waals surface area contributed by atoms with E-state index < -0.39 is 29.2 Å². The molecule has 0 aromatic heterocycles. The Balaban J connectivity index is 1.49. The molecule has 3 N–H and O–H groups in total. The van der Waals surface area contributed by atoms with Crippen LogP contribution in [-0.2, 0) is 20.8 Å². The number of hydrogen-bond acceptors (Lipinski definition) is 4. The molecule has 0 bridgehead atoms. The van der Waals surface area contributed by atoms with Crippen molar-refractivity contribution in [1.29, 1.82) is 0 Å². The predicted molar refractivity (Wildman–Crippen MR) is 138 cm³/mol. The van der Waals surface area contributed by atoms with Crippen molar-refractivity contribution in [3.8, 4) is 5.75 Å². The summed E-state index contributed by atoms with van der Waals surface area (Å²) in [7, 11) is 0. The highest BCUT2D eigenvalue weighted by Gasteiger charge is 2.44. The van der Waals surface area contributed by atoms with Gasteiger partial charge < -0.3 is 20.3 Å². The van der Waals surface area contributed by atoms with Gasteiger partial charge in [0.1, 0.15) is 12.4 Å². The summed E-state index contributed by atoms with van der Waals surface area (Å²) in [5.41, 5.74) is 1.12. The highest BCUT2D eigenvalue weighted by molar-refractivity contribution is 6.05. The second kappa shape index (κ2) is 12.7. The number of aliphatic carboxylic acids is 2. The highest BCUT2D eigenvalue weighted by atomic mass is 16.5. The third kappa shape index (κ3) is 6.84. The van der Waals surface area contributed by atoms with Gasteiger partial charge in [-0.25, -0.2) is 0 Å². The molecule has 1 aliphatic carbocycles. The van der Waals surface area contributed by atoms with Gasteiger partial charge in [0.2, 0.25) is 5.91 Å². The average molecular weight is 492 g/mol. The van der Waals surface area contributed by atoms with E-state index in [2.05, 4.69) is 5.32 Å². The van der Waals surface area contributed by atoms with Gasteiger partial charge in [0.05, 0.1) is 12.5 Å². The minimum atomic E-state index is -1.65. The Morgan fingerprint density at radius 2 is 1.78 bits per heavy atom. The largest absolute Gasteiger partial charge is 0.492 e. The second-order valence-corrected chi connectivity index (χ2v) is 8.97. The topological polar surface area (TPSA) is 113 Å². The van der Waals surface area contributed by atoms with E-state index in [-0.39, 0.29) is 19.6 Å². The Hall–Kier alpha value is -3.87. The number of carbonyl (C=O) groups excluding carboxylic acids is 1. The van der Waals surface area contributed by atoms with Crippen molar-refractivity contribution in [3.63, 3.8) is 0 Å². The molecule has 190 valence electrons. The van der Waals surface area contributed by atoms with Gasteiger partial charge in [0.15, 0.2) is 5.41 Å². The molecule has 1 amide bonds. The number of amides is 1. The van der Waals surface area contributed by atoms with Crippen LogP contribution in [0.1, 0.15) is 43.7 Å². The van der Waals surface area contributed by atoms with E-state index in [1.54, 1.807) is 24.3 Å².